The second-order valence-corrected chi connectivity index (χ2v) is 8.33. The average Bonchev–Trinajstić information content (AvgIpc) is 2.65. The van der Waals surface area contributed by atoms with Gasteiger partial charge in [-0.3, -0.25) is 0 Å². The molecule has 0 bridgehead atoms. The van der Waals surface area contributed by atoms with E-state index >= 15 is 0 Å². The zero-order valence-corrected chi connectivity index (χ0v) is 12.1. The first-order valence-corrected chi connectivity index (χ1v) is 7.76. The van der Waals surface area contributed by atoms with Crippen molar-refractivity contribution in [3.8, 4) is 0 Å². The maximum absolute atomic E-state index is 2.55. The van der Waals surface area contributed by atoms with Gasteiger partial charge in [0.25, 0.3) is 0 Å². The Labute approximate surface area is 105 Å². The van der Waals surface area contributed by atoms with Crippen molar-refractivity contribution in [1.82, 2.24) is 0 Å². The highest BCUT2D eigenvalue weighted by Crippen LogP contribution is 2.51. The Balaban J connectivity index is 2.30. The minimum Gasteiger partial charge on any atom is -0.155 e. The summed E-state index contributed by atoms with van der Waals surface area (Å²) in [5.74, 6) is 2.18. The fourth-order valence-electron chi connectivity index (χ4n) is 3.42. The van der Waals surface area contributed by atoms with Crippen LogP contribution in [0.3, 0.4) is 0 Å². The van der Waals surface area contributed by atoms with Gasteiger partial charge >= 0.3 is 0 Å². The van der Waals surface area contributed by atoms with Crippen LogP contribution < -0.4 is 0 Å². The molecule has 0 spiro atoms. The molecule has 0 nitrogen and oxygen atoms in total. The van der Waals surface area contributed by atoms with Gasteiger partial charge in [0.1, 0.15) is 0 Å². The molecule has 0 aromatic heterocycles. The molecule has 1 unspecified atom stereocenters. The van der Waals surface area contributed by atoms with E-state index in [1.165, 1.54) is 37.9 Å². The molecule has 2 aliphatic rings. The van der Waals surface area contributed by atoms with Crippen molar-refractivity contribution in [2.75, 3.05) is 5.75 Å². The lowest BCUT2D eigenvalue weighted by Gasteiger charge is -2.38. The Morgan fingerprint density at radius 2 is 1.94 bits per heavy atom. The van der Waals surface area contributed by atoms with Crippen LogP contribution >= 0.6 is 11.8 Å². The summed E-state index contributed by atoms with van der Waals surface area (Å²) in [5, 5.41) is 0. The van der Waals surface area contributed by atoms with Gasteiger partial charge in [0.15, 0.2) is 0 Å². The van der Waals surface area contributed by atoms with Crippen molar-refractivity contribution in [3.05, 3.63) is 11.6 Å². The summed E-state index contributed by atoms with van der Waals surface area (Å²) in [6.45, 7) is 9.85. The van der Waals surface area contributed by atoms with Gasteiger partial charge in [0.2, 0.25) is 0 Å². The molecule has 1 aliphatic carbocycles. The van der Waals surface area contributed by atoms with Crippen LogP contribution in [0.4, 0.5) is 0 Å². The maximum Gasteiger partial charge on any atom is 0.0169 e. The summed E-state index contributed by atoms with van der Waals surface area (Å²) < 4.78 is 0.448. The van der Waals surface area contributed by atoms with Gasteiger partial charge in [-0.05, 0) is 42.8 Å². The molecule has 2 rings (SSSR count). The van der Waals surface area contributed by atoms with Gasteiger partial charge in [-0.15, -0.1) is 0 Å². The third-order valence-corrected chi connectivity index (χ3v) is 6.01. The molecule has 16 heavy (non-hydrogen) atoms. The van der Waals surface area contributed by atoms with Gasteiger partial charge in [-0.2, -0.15) is 11.8 Å². The standard InChI is InChI=1S/C15H26S/c1-14(2)10-5-6-11-16-15(3,4)13-9-7-8-12(13)14/h8,13H,5-7,9-11H2,1-4H3. The SMILES string of the molecule is CC1(C)CCCCSC(C)(C)C2CCC=C21. The molecule has 1 atom stereocenters. The molecule has 0 aromatic carbocycles. The topological polar surface area (TPSA) is 0 Å². The number of rotatable bonds is 0. The first-order valence-electron chi connectivity index (χ1n) is 6.78. The van der Waals surface area contributed by atoms with Crippen LogP contribution in [0.5, 0.6) is 0 Å². The lowest BCUT2D eigenvalue weighted by molar-refractivity contribution is 0.332. The van der Waals surface area contributed by atoms with E-state index < -0.39 is 0 Å². The van der Waals surface area contributed by atoms with E-state index in [0.717, 1.165) is 5.92 Å². The Morgan fingerprint density at radius 3 is 2.69 bits per heavy atom. The zero-order chi connectivity index (χ0) is 11.8. The van der Waals surface area contributed by atoms with Crippen LogP contribution in [0.1, 0.15) is 59.8 Å². The Bertz CT molecular complexity index is 286. The van der Waals surface area contributed by atoms with E-state index in [1.54, 1.807) is 5.57 Å². The molecule has 0 N–H and O–H groups in total. The van der Waals surface area contributed by atoms with E-state index in [9.17, 15) is 0 Å². The molecule has 0 aromatic rings. The number of allylic oxidation sites excluding steroid dienone is 2. The second kappa shape index (κ2) is 4.40. The van der Waals surface area contributed by atoms with Crippen LogP contribution in [-0.4, -0.2) is 10.5 Å². The lowest BCUT2D eigenvalue weighted by Crippen LogP contribution is -2.32. The molecule has 1 fully saturated rings. The van der Waals surface area contributed by atoms with Crippen molar-refractivity contribution in [2.45, 2.75) is 64.5 Å². The molecule has 1 aliphatic heterocycles. The highest BCUT2D eigenvalue weighted by molar-refractivity contribution is 8.00. The van der Waals surface area contributed by atoms with Crippen molar-refractivity contribution in [2.24, 2.45) is 11.3 Å². The van der Waals surface area contributed by atoms with Crippen LogP contribution in [-0.2, 0) is 0 Å². The summed E-state index contributed by atoms with van der Waals surface area (Å²) in [6.07, 6.45) is 9.44. The number of fused-ring (bicyclic) bond motifs is 1. The van der Waals surface area contributed by atoms with Crippen molar-refractivity contribution < 1.29 is 0 Å². The third-order valence-electron chi connectivity index (χ3n) is 4.49. The lowest BCUT2D eigenvalue weighted by atomic mass is 9.72. The molecule has 92 valence electrons. The number of thioether (sulfide) groups is 1. The van der Waals surface area contributed by atoms with E-state index in [0.29, 0.717) is 10.2 Å². The van der Waals surface area contributed by atoms with Gasteiger partial charge in [0.05, 0.1) is 0 Å². The predicted molar refractivity (Wildman–Crippen MR) is 75.0 cm³/mol. The smallest absolute Gasteiger partial charge is 0.0169 e. The largest absolute Gasteiger partial charge is 0.155 e. The predicted octanol–water partition coefficient (Wildman–Crippen LogP) is 5.04. The maximum atomic E-state index is 2.55. The van der Waals surface area contributed by atoms with Gasteiger partial charge < -0.3 is 0 Å². The zero-order valence-electron chi connectivity index (χ0n) is 11.3. The first-order chi connectivity index (χ1) is 7.43. The molecule has 0 radical (unpaired) electrons. The van der Waals surface area contributed by atoms with Crippen LogP contribution in [0, 0.1) is 11.3 Å². The van der Waals surface area contributed by atoms with E-state index in [2.05, 4.69) is 45.5 Å². The number of hydrogen-bond acceptors (Lipinski definition) is 1. The Kier molecular flexibility index (Phi) is 3.45. The second-order valence-electron chi connectivity index (χ2n) is 6.58. The van der Waals surface area contributed by atoms with Gasteiger partial charge in [0, 0.05) is 4.75 Å². The van der Waals surface area contributed by atoms with Crippen LogP contribution in [0.2, 0.25) is 0 Å². The summed E-state index contributed by atoms with van der Waals surface area (Å²) in [5.41, 5.74) is 2.22. The molecular formula is C15H26S. The average molecular weight is 238 g/mol. The van der Waals surface area contributed by atoms with Crippen LogP contribution in [0.25, 0.3) is 0 Å². The molecule has 1 heterocycles. The molecular weight excluding hydrogens is 212 g/mol. The monoisotopic (exact) mass is 238 g/mol. The van der Waals surface area contributed by atoms with Crippen molar-refractivity contribution in [3.63, 3.8) is 0 Å². The summed E-state index contributed by atoms with van der Waals surface area (Å²) >= 11 is 2.20. The fraction of sp³-hybridized carbons (Fsp3) is 0.867. The summed E-state index contributed by atoms with van der Waals surface area (Å²) in [4.78, 5) is 0. The molecule has 1 heteroatoms. The van der Waals surface area contributed by atoms with Crippen molar-refractivity contribution in [1.29, 1.82) is 0 Å². The summed E-state index contributed by atoms with van der Waals surface area (Å²) in [6, 6.07) is 0. The molecule has 0 saturated carbocycles. The molecule has 0 amide bonds. The Hall–Kier alpha value is 0.0900. The van der Waals surface area contributed by atoms with Crippen LogP contribution in [0.15, 0.2) is 11.6 Å². The van der Waals surface area contributed by atoms with E-state index in [-0.39, 0.29) is 0 Å². The molecule has 1 saturated heterocycles. The normalized spacial score (nSPS) is 33.2. The van der Waals surface area contributed by atoms with Gasteiger partial charge in [-0.1, -0.05) is 45.8 Å². The minimum atomic E-state index is 0.448. The third kappa shape index (κ3) is 2.34. The van der Waals surface area contributed by atoms with E-state index in [4.69, 9.17) is 0 Å². The highest BCUT2D eigenvalue weighted by Gasteiger charge is 2.40. The van der Waals surface area contributed by atoms with Crippen molar-refractivity contribution >= 4 is 11.8 Å². The minimum absolute atomic E-state index is 0.448. The fourth-order valence-corrected chi connectivity index (χ4v) is 4.74. The Morgan fingerprint density at radius 1 is 1.19 bits per heavy atom. The highest BCUT2D eigenvalue weighted by atomic mass is 32.2. The quantitative estimate of drug-likeness (QED) is 0.532. The van der Waals surface area contributed by atoms with Gasteiger partial charge in [-0.25, -0.2) is 0 Å². The van der Waals surface area contributed by atoms with E-state index in [1.807, 2.05) is 0 Å². The number of hydrogen-bond donors (Lipinski definition) is 0. The summed E-state index contributed by atoms with van der Waals surface area (Å²) in [7, 11) is 0. The first kappa shape index (κ1) is 12.5.